The second-order valence-corrected chi connectivity index (χ2v) is 5.98. The molecule has 0 bridgehead atoms. The zero-order chi connectivity index (χ0) is 13.1. The Morgan fingerprint density at radius 3 is 2.58 bits per heavy atom. The van der Waals surface area contributed by atoms with Crippen molar-refractivity contribution in [3.05, 3.63) is 57.8 Å². The third-order valence-electron chi connectivity index (χ3n) is 3.57. The highest BCUT2D eigenvalue weighted by molar-refractivity contribution is 7.10. The van der Waals surface area contributed by atoms with Gasteiger partial charge in [0, 0.05) is 11.3 Å². The zero-order valence-corrected chi connectivity index (χ0v) is 11.9. The molecule has 0 fully saturated rings. The van der Waals surface area contributed by atoms with E-state index in [2.05, 4.69) is 58.9 Å². The first-order valence-corrected chi connectivity index (χ1v) is 7.77. The zero-order valence-electron chi connectivity index (χ0n) is 11.1. The van der Waals surface area contributed by atoms with Crippen molar-refractivity contribution >= 4 is 11.3 Å². The van der Waals surface area contributed by atoms with E-state index in [1.807, 2.05) is 0 Å². The summed E-state index contributed by atoms with van der Waals surface area (Å²) in [7, 11) is 0. The number of aryl methyl sites for hydroxylation is 1. The van der Waals surface area contributed by atoms with Gasteiger partial charge in [0.25, 0.3) is 0 Å². The van der Waals surface area contributed by atoms with Crippen LogP contribution in [0.2, 0.25) is 0 Å². The van der Waals surface area contributed by atoms with Crippen LogP contribution < -0.4 is 0 Å². The molecule has 2 nitrogen and oxygen atoms in total. The molecule has 19 heavy (non-hydrogen) atoms. The molecular formula is C16H18N2S. The maximum Gasteiger partial charge on any atom is 0.107 e. The highest BCUT2D eigenvalue weighted by atomic mass is 32.1. The van der Waals surface area contributed by atoms with Gasteiger partial charge in [-0.15, -0.1) is 11.3 Å². The van der Waals surface area contributed by atoms with Crippen LogP contribution >= 0.6 is 11.3 Å². The van der Waals surface area contributed by atoms with Crippen molar-refractivity contribution in [3.63, 3.8) is 0 Å². The minimum Gasteiger partial charge on any atom is -0.185 e. The molecule has 1 aliphatic heterocycles. The number of azo groups is 1. The second-order valence-electron chi connectivity index (χ2n) is 5.01. The highest BCUT2D eigenvalue weighted by Gasteiger charge is 2.25. The van der Waals surface area contributed by atoms with E-state index in [4.69, 9.17) is 0 Å². The first-order valence-electron chi connectivity index (χ1n) is 6.89. The van der Waals surface area contributed by atoms with Gasteiger partial charge < -0.3 is 0 Å². The minimum absolute atomic E-state index is 0.239. The van der Waals surface area contributed by atoms with Crippen molar-refractivity contribution in [2.45, 2.75) is 38.3 Å². The van der Waals surface area contributed by atoms with Crippen molar-refractivity contribution in [2.24, 2.45) is 10.2 Å². The highest BCUT2D eigenvalue weighted by Crippen LogP contribution is 2.39. The summed E-state index contributed by atoms with van der Waals surface area (Å²) in [5, 5.41) is 11.0. The molecular weight excluding hydrogens is 252 g/mol. The van der Waals surface area contributed by atoms with Gasteiger partial charge in [0.2, 0.25) is 0 Å². The fraction of sp³-hybridized carbons (Fsp3) is 0.375. The summed E-state index contributed by atoms with van der Waals surface area (Å²) in [6, 6.07) is 13.6. The molecule has 3 heteroatoms. The van der Waals surface area contributed by atoms with Gasteiger partial charge in [-0.1, -0.05) is 43.7 Å². The van der Waals surface area contributed by atoms with Crippen LogP contribution in [0.25, 0.3) is 0 Å². The number of hydrogen-bond donors (Lipinski definition) is 0. The first-order chi connectivity index (χ1) is 9.36. The number of rotatable bonds is 4. The molecule has 1 aromatic carbocycles. The van der Waals surface area contributed by atoms with Gasteiger partial charge >= 0.3 is 0 Å². The molecule has 1 aromatic heterocycles. The monoisotopic (exact) mass is 270 g/mol. The van der Waals surface area contributed by atoms with Crippen LogP contribution in [-0.4, -0.2) is 0 Å². The Labute approximate surface area is 118 Å². The summed E-state index contributed by atoms with van der Waals surface area (Å²) < 4.78 is 0. The van der Waals surface area contributed by atoms with E-state index in [0.29, 0.717) is 0 Å². The molecule has 2 atom stereocenters. The van der Waals surface area contributed by atoms with E-state index in [1.165, 1.54) is 22.4 Å². The average Bonchev–Trinajstić information content (AvgIpc) is 3.11. The van der Waals surface area contributed by atoms with Crippen molar-refractivity contribution in [1.82, 2.24) is 0 Å². The Morgan fingerprint density at radius 2 is 1.89 bits per heavy atom. The van der Waals surface area contributed by atoms with E-state index in [1.54, 1.807) is 11.3 Å². The Hall–Kier alpha value is -1.48. The van der Waals surface area contributed by atoms with Crippen LogP contribution in [0.15, 0.2) is 52.0 Å². The van der Waals surface area contributed by atoms with E-state index in [-0.39, 0.29) is 12.1 Å². The van der Waals surface area contributed by atoms with Crippen molar-refractivity contribution < 1.29 is 0 Å². The summed E-state index contributed by atoms with van der Waals surface area (Å²) in [6.45, 7) is 2.21. The quantitative estimate of drug-likeness (QED) is 0.716. The van der Waals surface area contributed by atoms with E-state index >= 15 is 0 Å². The molecule has 0 saturated carbocycles. The Morgan fingerprint density at radius 1 is 1.11 bits per heavy atom. The molecule has 1 aliphatic rings. The van der Waals surface area contributed by atoms with Gasteiger partial charge in [-0.3, -0.25) is 0 Å². The minimum atomic E-state index is 0.239. The van der Waals surface area contributed by atoms with Gasteiger partial charge in [0.05, 0.1) is 6.04 Å². The van der Waals surface area contributed by atoms with Crippen molar-refractivity contribution in [3.8, 4) is 0 Å². The van der Waals surface area contributed by atoms with E-state index in [9.17, 15) is 0 Å². The molecule has 2 unspecified atom stereocenters. The number of thiophene rings is 1. The third-order valence-corrected chi connectivity index (χ3v) is 4.54. The summed E-state index contributed by atoms with van der Waals surface area (Å²) in [5.74, 6) is 0. The van der Waals surface area contributed by atoms with Gasteiger partial charge in [0.15, 0.2) is 0 Å². The van der Waals surface area contributed by atoms with Gasteiger partial charge in [-0.05, 0) is 29.0 Å². The topological polar surface area (TPSA) is 24.7 Å². The van der Waals surface area contributed by atoms with Crippen LogP contribution in [0.4, 0.5) is 0 Å². The lowest BCUT2D eigenvalue weighted by molar-refractivity contribution is 0.666. The molecule has 0 radical (unpaired) electrons. The van der Waals surface area contributed by atoms with Gasteiger partial charge in [-0.2, -0.15) is 10.2 Å². The third kappa shape index (κ3) is 2.76. The smallest absolute Gasteiger partial charge is 0.107 e. The van der Waals surface area contributed by atoms with Crippen LogP contribution in [0.5, 0.6) is 0 Å². The van der Waals surface area contributed by atoms with Gasteiger partial charge in [-0.25, -0.2) is 0 Å². The average molecular weight is 270 g/mol. The lowest BCUT2D eigenvalue weighted by Crippen LogP contribution is -1.95. The number of hydrogen-bond acceptors (Lipinski definition) is 3. The maximum absolute atomic E-state index is 4.45. The van der Waals surface area contributed by atoms with Gasteiger partial charge in [0.1, 0.15) is 6.04 Å². The fourth-order valence-electron chi connectivity index (χ4n) is 2.52. The second kappa shape index (κ2) is 5.66. The van der Waals surface area contributed by atoms with Crippen LogP contribution in [-0.2, 0) is 6.42 Å². The molecule has 0 amide bonds. The molecule has 98 valence electrons. The van der Waals surface area contributed by atoms with Crippen LogP contribution in [0.1, 0.15) is 47.9 Å². The van der Waals surface area contributed by atoms with Crippen LogP contribution in [0, 0.1) is 0 Å². The summed E-state index contributed by atoms with van der Waals surface area (Å²) in [6.07, 6.45) is 3.36. The SMILES string of the molecule is CCCc1ccc(C2CC(c3cccs3)N=N2)cc1. The first kappa shape index (κ1) is 12.5. The Kier molecular flexibility index (Phi) is 3.74. The Balaban J connectivity index is 1.69. The molecule has 0 N–H and O–H groups in total. The lowest BCUT2D eigenvalue weighted by atomic mass is 9.99. The van der Waals surface area contributed by atoms with E-state index < -0.39 is 0 Å². The summed E-state index contributed by atoms with van der Waals surface area (Å²) in [5.41, 5.74) is 2.71. The van der Waals surface area contributed by atoms with Crippen molar-refractivity contribution in [1.29, 1.82) is 0 Å². The lowest BCUT2D eigenvalue weighted by Gasteiger charge is -2.08. The molecule has 0 spiro atoms. The molecule has 0 aliphatic carbocycles. The predicted octanol–water partition coefficient (Wildman–Crippen LogP) is 5.34. The largest absolute Gasteiger partial charge is 0.185 e. The van der Waals surface area contributed by atoms with E-state index in [0.717, 1.165) is 12.8 Å². The fourth-order valence-corrected chi connectivity index (χ4v) is 3.29. The van der Waals surface area contributed by atoms with Crippen molar-refractivity contribution in [2.75, 3.05) is 0 Å². The molecule has 3 rings (SSSR count). The molecule has 2 heterocycles. The normalized spacial score (nSPS) is 21.9. The molecule has 0 saturated heterocycles. The standard InChI is InChI=1S/C16H18N2S/c1-2-4-12-6-8-13(9-7-12)14-11-15(18-17-14)16-5-3-10-19-16/h3,5-10,14-15H,2,4,11H2,1H3. The Bertz CT molecular complexity index is 543. The molecule has 2 aromatic rings. The number of benzene rings is 1. The predicted molar refractivity (Wildman–Crippen MR) is 79.7 cm³/mol. The number of nitrogens with zero attached hydrogens (tertiary/aromatic N) is 2. The summed E-state index contributed by atoms with van der Waals surface area (Å²) >= 11 is 1.77. The van der Waals surface area contributed by atoms with Crippen LogP contribution in [0.3, 0.4) is 0 Å². The maximum atomic E-state index is 4.45. The summed E-state index contributed by atoms with van der Waals surface area (Å²) in [4.78, 5) is 1.33.